The Morgan fingerprint density at radius 3 is 2.37 bits per heavy atom. The Bertz CT molecular complexity index is 1050. The highest BCUT2D eigenvalue weighted by molar-refractivity contribution is 7.91. The van der Waals surface area contributed by atoms with Crippen molar-refractivity contribution >= 4 is 43.7 Å². The van der Waals surface area contributed by atoms with Crippen molar-refractivity contribution in [1.82, 2.24) is 0 Å². The molecule has 1 aromatic carbocycles. The highest BCUT2D eigenvalue weighted by Crippen LogP contribution is 2.24. The monoisotopic (exact) mass is 404 g/mol. The number of hydrogen-bond acceptors (Lipinski definition) is 6. The number of rotatable bonds is 6. The molecule has 2 heterocycles. The third kappa shape index (κ3) is 4.44. The van der Waals surface area contributed by atoms with Crippen LogP contribution in [0.5, 0.6) is 0 Å². The van der Waals surface area contributed by atoms with Crippen LogP contribution < -0.4 is 10.6 Å². The molecule has 0 bridgehead atoms. The van der Waals surface area contributed by atoms with Crippen LogP contribution in [0.25, 0.3) is 0 Å². The number of nitrogens with one attached hydrogen (secondary N) is 2. The van der Waals surface area contributed by atoms with Crippen LogP contribution in [0, 0.1) is 0 Å². The molecule has 2 aromatic heterocycles. The van der Waals surface area contributed by atoms with E-state index < -0.39 is 15.7 Å². The van der Waals surface area contributed by atoms with Gasteiger partial charge in [-0.25, -0.2) is 8.42 Å². The summed E-state index contributed by atoms with van der Waals surface area (Å²) in [5.41, 5.74) is 0.477. The van der Waals surface area contributed by atoms with Crippen LogP contribution in [0.15, 0.2) is 64.1 Å². The van der Waals surface area contributed by atoms with E-state index in [0.29, 0.717) is 15.6 Å². The maximum Gasteiger partial charge on any atom is 0.291 e. The molecule has 0 saturated heterocycles. The van der Waals surface area contributed by atoms with Gasteiger partial charge in [-0.05, 0) is 48.5 Å². The van der Waals surface area contributed by atoms with Crippen molar-refractivity contribution in [3.8, 4) is 0 Å². The summed E-state index contributed by atoms with van der Waals surface area (Å²) >= 11 is 1.12. The van der Waals surface area contributed by atoms with Gasteiger partial charge in [0.2, 0.25) is 0 Å². The van der Waals surface area contributed by atoms with Gasteiger partial charge in [-0.3, -0.25) is 9.59 Å². The molecule has 0 radical (unpaired) electrons. The molecule has 140 valence electrons. The zero-order valence-electron chi connectivity index (χ0n) is 14.3. The molecule has 27 heavy (non-hydrogen) atoms. The third-order valence-corrected chi connectivity index (χ3v) is 6.41. The Morgan fingerprint density at radius 1 is 1.00 bits per heavy atom. The van der Waals surface area contributed by atoms with Crippen LogP contribution in [0.1, 0.15) is 27.2 Å². The number of carbonyl (C=O) groups is 2. The zero-order valence-corrected chi connectivity index (χ0v) is 15.9. The second-order valence-corrected chi connectivity index (χ2v) is 8.84. The Balaban J connectivity index is 1.65. The van der Waals surface area contributed by atoms with Crippen LogP contribution in [-0.4, -0.2) is 26.0 Å². The predicted octanol–water partition coefficient (Wildman–Crippen LogP) is 3.64. The summed E-state index contributed by atoms with van der Waals surface area (Å²) in [5, 5.41) is 5.85. The smallest absolute Gasteiger partial charge is 0.291 e. The summed E-state index contributed by atoms with van der Waals surface area (Å²) in [5.74, 6) is -0.567. The van der Waals surface area contributed by atoms with Crippen molar-refractivity contribution in [2.24, 2.45) is 0 Å². The molecular weight excluding hydrogens is 388 g/mol. The molecule has 0 atom stereocenters. The number of amides is 2. The quantitative estimate of drug-likeness (QED) is 0.652. The number of benzene rings is 1. The lowest BCUT2D eigenvalue weighted by atomic mass is 10.3. The Labute approximate surface area is 159 Å². The van der Waals surface area contributed by atoms with Crippen LogP contribution >= 0.6 is 11.3 Å². The van der Waals surface area contributed by atoms with Crippen LogP contribution in [0.2, 0.25) is 0 Å². The largest absolute Gasteiger partial charge is 0.459 e. The standard InChI is InChI=1S/C18H16N2O5S2/c1-2-27(23,24)13-7-5-12(6-8-13)19-18(22)15-9-10-16(26-15)20-17(21)14-4-3-11-25-14/h3-11H,2H2,1H3,(H,19,22)(H,20,21). The van der Waals surface area contributed by atoms with Gasteiger partial charge in [0.05, 0.1) is 26.8 Å². The van der Waals surface area contributed by atoms with Gasteiger partial charge in [-0.15, -0.1) is 11.3 Å². The second-order valence-electron chi connectivity index (χ2n) is 5.48. The molecule has 0 spiro atoms. The fourth-order valence-electron chi connectivity index (χ4n) is 2.21. The lowest BCUT2D eigenvalue weighted by Gasteiger charge is -2.05. The molecule has 0 aliphatic carbocycles. The van der Waals surface area contributed by atoms with E-state index >= 15 is 0 Å². The maximum absolute atomic E-state index is 12.3. The average molecular weight is 404 g/mol. The van der Waals surface area contributed by atoms with Gasteiger partial charge >= 0.3 is 0 Å². The van der Waals surface area contributed by atoms with Gasteiger partial charge in [0.15, 0.2) is 15.6 Å². The minimum Gasteiger partial charge on any atom is -0.459 e. The average Bonchev–Trinajstić information content (AvgIpc) is 3.34. The number of carbonyl (C=O) groups excluding carboxylic acids is 2. The third-order valence-electron chi connectivity index (χ3n) is 3.66. The van der Waals surface area contributed by atoms with Gasteiger partial charge in [0.1, 0.15) is 0 Å². The van der Waals surface area contributed by atoms with E-state index in [-0.39, 0.29) is 22.3 Å². The molecular formula is C18H16N2O5S2. The molecule has 3 aromatic rings. The van der Waals surface area contributed by atoms with Gasteiger partial charge in [-0.1, -0.05) is 6.92 Å². The van der Waals surface area contributed by atoms with E-state index in [0.717, 1.165) is 11.3 Å². The number of anilines is 2. The van der Waals surface area contributed by atoms with E-state index in [1.165, 1.54) is 30.5 Å². The van der Waals surface area contributed by atoms with E-state index in [1.807, 2.05) is 0 Å². The van der Waals surface area contributed by atoms with Gasteiger partial charge < -0.3 is 15.1 Å². The molecule has 9 heteroatoms. The van der Waals surface area contributed by atoms with Crippen molar-refractivity contribution in [3.05, 3.63) is 65.4 Å². The predicted molar refractivity (Wildman–Crippen MR) is 103 cm³/mol. The van der Waals surface area contributed by atoms with Crippen LogP contribution in [0.4, 0.5) is 10.7 Å². The fourth-order valence-corrected chi connectivity index (χ4v) is 3.89. The maximum atomic E-state index is 12.3. The van der Waals surface area contributed by atoms with Crippen LogP contribution in [-0.2, 0) is 9.84 Å². The number of furan rings is 1. The molecule has 0 saturated carbocycles. The highest BCUT2D eigenvalue weighted by Gasteiger charge is 2.15. The summed E-state index contributed by atoms with van der Waals surface area (Å²) in [4.78, 5) is 24.9. The van der Waals surface area contributed by atoms with Crippen molar-refractivity contribution in [2.45, 2.75) is 11.8 Å². The van der Waals surface area contributed by atoms with Gasteiger partial charge in [0, 0.05) is 5.69 Å². The van der Waals surface area contributed by atoms with Crippen molar-refractivity contribution in [3.63, 3.8) is 0 Å². The van der Waals surface area contributed by atoms with Crippen LogP contribution in [0.3, 0.4) is 0 Å². The molecule has 2 N–H and O–H groups in total. The molecule has 3 rings (SSSR count). The van der Waals surface area contributed by atoms with Crippen molar-refractivity contribution in [2.75, 3.05) is 16.4 Å². The minimum absolute atomic E-state index is 0.0143. The normalized spacial score (nSPS) is 11.1. The van der Waals surface area contributed by atoms with E-state index in [2.05, 4.69) is 10.6 Å². The first-order chi connectivity index (χ1) is 12.9. The zero-order chi connectivity index (χ0) is 19.4. The highest BCUT2D eigenvalue weighted by atomic mass is 32.2. The molecule has 0 unspecified atom stereocenters. The SMILES string of the molecule is CCS(=O)(=O)c1ccc(NC(=O)c2ccc(NC(=O)c3ccco3)s2)cc1. The minimum atomic E-state index is -3.28. The number of thiophene rings is 1. The van der Waals surface area contributed by atoms with E-state index in [4.69, 9.17) is 4.42 Å². The summed E-state index contributed by atoms with van der Waals surface area (Å²) in [6.45, 7) is 1.57. The van der Waals surface area contributed by atoms with Gasteiger partial charge in [0.25, 0.3) is 11.8 Å². The lowest BCUT2D eigenvalue weighted by Crippen LogP contribution is -2.11. The molecule has 0 fully saturated rings. The first kappa shape index (κ1) is 18.9. The number of hydrogen-bond donors (Lipinski definition) is 2. The topological polar surface area (TPSA) is 105 Å². The van der Waals surface area contributed by atoms with Crippen molar-refractivity contribution in [1.29, 1.82) is 0 Å². The fraction of sp³-hybridized carbons (Fsp3) is 0.111. The lowest BCUT2D eigenvalue weighted by molar-refractivity contribution is 0.0995. The van der Waals surface area contributed by atoms with Crippen molar-refractivity contribution < 1.29 is 22.4 Å². The summed E-state index contributed by atoms with van der Waals surface area (Å²) in [7, 11) is -3.28. The molecule has 2 amide bonds. The molecule has 0 aliphatic rings. The van der Waals surface area contributed by atoms with E-state index in [1.54, 1.807) is 31.2 Å². The summed E-state index contributed by atoms with van der Waals surface area (Å²) in [6.07, 6.45) is 1.40. The molecule has 7 nitrogen and oxygen atoms in total. The van der Waals surface area contributed by atoms with E-state index in [9.17, 15) is 18.0 Å². The Morgan fingerprint density at radius 2 is 1.74 bits per heavy atom. The first-order valence-electron chi connectivity index (χ1n) is 7.98. The summed E-state index contributed by atoms with van der Waals surface area (Å²) < 4.78 is 28.6. The second kappa shape index (κ2) is 7.77. The van der Waals surface area contributed by atoms with Gasteiger partial charge in [-0.2, -0.15) is 0 Å². The summed E-state index contributed by atoms with van der Waals surface area (Å²) in [6, 6.07) is 12.3. The Kier molecular flexibility index (Phi) is 5.43. The molecule has 0 aliphatic heterocycles. The number of sulfone groups is 1. The Hall–Kier alpha value is -2.91. The first-order valence-corrected chi connectivity index (χ1v) is 10.4.